The fourth-order valence-electron chi connectivity index (χ4n) is 2.51. The topological polar surface area (TPSA) is 34.9 Å². The molecule has 2 aromatic heterocycles. The number of rotatable bonds is 3. The Morgan fingerprint density at radius 3 is 2.71 bits per heavy atom. The zero-order valence-electron chi connectivity index (χ0n) is 11.7. The Bertz CT molecular complexity index is 855. The van der Waals surface area contributed by atoms with Gasteiger partial charge in [0.05, 0.1) is 0 Å². The Hall–Kier alpha value is -2.13. The van der Waals surface area contributed by atoms with Crippen molar-refractivity contribution in [1.29, 1.82) is 0 Å². The number of fused-ring (bicyclic) bond motifs is 1. The van der Waals surface area contributed by atoms with Crippen molar-refractivity contribution in [3.63, 3.8) is 0 Å². The second kappa shape index (κ2) is 5.70. The van der Waals surface area contributed by atoms with Crippen LogP contribution < -0.4 is 5.56 Å². The van der Waals surface area contributed by atoms with Crippen LogP contribution >= 0.6 is 11.6 Å². The molecule has 3 aromatic rings. The lowest BCUT2D eigenvalue weighted by Crippen LogP contribution is -2.22. The molecule has 0 spiro atoms. The fraction of sp³-hybridized carbons (Fsp3) is 0.176. The van der Waals surface area contributed by atoms with Crippen molar-refractivity contribution in [3.8, 4) is 11.1 Å². The van der Waals surface area contributed by atoms with Gasteiger partial charge in [-0.3, -0.25) is 9.36 Å². The molecule has 0 N–H and O–H groups in total. The van der Waals surface area contributed by atoms with Crippen LogP contribution in [0.1, 0.15) is 13.3 Å². The molecule has 3 nitrogen and oxygen atoms in total. The zero-order valence-corrected chi connectivity index (χ0v) is 12.5. The van der Waals surface area contributed by atoms with Crippen LogP contribution in [-0.4, -0.2) is 9.55 Å². The number of hydrogen-bond acceptors (Lipinski definition) is 2. The van der Waals surface area contributed by atoms with E-state index in [1.54, 1.807) is 16.8 Å². The molecule has 0 radical (unpaired) electrons. The smallest absolute Gasteiger partial charge is 0.260 e. The highest BCUT2D eigenvalue weighted by Gasteiger charge is 2.13. The standard InChI is InChI=1S/C17H15ClN2O/c1-2-10-20-16-12(6-5-9-19-16)11-14(17(20)21)13-7-3-4-8-15(13)18/h3-9,11H,2,10H2,1H3. The minimum Gasteiger partial charge on any atom is -0.292 e. The Morgan fingerprint density at radius 2 is 1.95 bits per heavy atom. The van der Waals surface area contributed by atoms with E-state index in [0.29, 0.717) is 17.1 Å². The van der Waals surface area contributed by atoms with Gasteiger partial charge in [0.25, 0.3) is 5.56 Å². The first-order valence-corrected chi connectivity index (χ1v) is 7.33. The number of aromatic nitrogens is 2. The molecular formula is C17H15ClN2O. The monoisotopic (exact) mass is 298 g/mol. The summed E-state index contributed by atoms with van der Waals surface area (Å²) >= 11 is 6.25. The van der Waals surface area contributed by atoms with Gasteiger partial charge in [-0.15, -0.1) is 0 Å². The molecule has 0 amide bonds. The first-order chi connectivity index (χ1) is 10.2. The maximum atomic E-state index is 12.8. The van der Waals surface area contributed by atoms with E-state index in [9.17, 15) is 4.79 Å². The molecule has 0 aliphatic carbocycles. The normalized spacial score (nSPS) is 11.0. The second-order valence-corrected chi connectivity index (χ2v) is 5.32. The van der Waals surface area contributed by atoms with Crippen molar-refractivity contribution in [2.24, 2.45) is 0 Å². The molecule has 106 valence electrons. The van der Waals surface area contributed by atoms with Gasteiger partial charge in [-0.1, -0.05) is 36.7 Å². The van der Waals surface area contributed by atoms with E-state index in [4.69, 9.17) is 11.6 Å². The number of pyridine rings is 2. The Labute approximate surface area is 127 Å². The summed E-state index contributed by atoms with van der Waals surface area (Å²) in [5, 5.41) is 1.53. The van der Waals surface area contributed by atoms with Crippen LogP contribution in [0.4, 0.5) is 0 Å². The first kappa shape index (κ1) is 13.8. The van der Waals surface area contributed by atoms with Gasteiger partial charge in [-0.2, -0.15) is 0 Å². The molecule has 3 rings (SSSR count). The minimum atomic E-state index is -0.0452. The lowest BCUT2D eigenvalue weighted by atomic mass is 10.1. The van der Waals surface area contributed by atoms with E-state index in [1.807, 2.05) is 43.3 Å². The highest BCUT2D eigenvalue weighted by atomic mass is 35.5. The quantitative estimate of drug-likeness (QED) is 0.729. The lowest BCUT2D eigenvalue weighted by molar-refractivity contribution is 0.673. The third kappa shape index (κ3) is 2.45. The summed E-state index contributed by atoms with van der Waals surface area (Å²) in [6, 6.07) is 13.1. The minimum absolute atomic E-state index is 0.0452. The number of halogens is 1. The van der Waals surface area contributed by atoms with Crippen LogP contribution in [-0.2, 0) is 6.54 Å². The molecule has 1 aromatic carbocycles. The summed E-state index contributed by atoms with van der Waals surface area (Å²) in [7, 11) is 0. The SMILES string of the molecule is CCCn1c(=O)c(-c2ccccc2Cl)cc2cccnc21. The van der Waals surface area contributed by atoms with Crippen molar-refractivity contribution >= 4 is 22.6 Å². The van der Waals surface area contributed by atoms with Gasteiger partial charge in [0.1, 0.15) is 5.65 Å². The molecule has 0 aliphatic rings. The third-order valence-corrected chi connectivity index (χ3v) is 3.79. The molecule has 0 bridgehead atoms. The molecule has 0 saturated carbocycles. The number of aryl methyl sites for hydroxylation is 1. The summed E-state index contributed by atoms with van der Waals surface area (Å²) in [5.41, 5.74) is 2.06. The van der Waals surface area contributed by atoms with E-state index in [1.165, 1.54) is 0 Å². The summed E-state index contributed by atoms with van der Waals surface area (Å²) in [6.07, 6.45) is 2.58. The molecule has 0 saturated heterocycles. The van der Waals surface area contributed by atoms with Gasteiger partial charge in [0.2, 0.25) is 0 Å². The number of benzene rings is 1. The summed E-state index contributed by atoms with van der Waals surface area (Å²) in [5.74, 6) is 0. The van der Waals surface area contributed by atoms with Crippen molar-refractivity contribution in [2.45, 2.75) is 19.9 Å². The average Bonchev–Trinajstić information content (AvgIpc) is 2.51. The van der Waals surface area contributed by atoms with E-state index < -0.39 is 0 Å². The average molecular weight is 299 g/mol. The Morgan fingerprint density at radius 1 is 1.14 bits per heavy atom. The van der Waals surface area contributed by atoms with E-state index >= 15 is 0 Å². The lowest BCUT2D eigenvalue weighted by Gasteiger charge is -2.12. The highest BCUT2D eigenvalue weighted by molar-refractivity contribution is 6.33. The summed E-state index contributed by atoms with van der Waals surface area (Å²) in [6.45, 7) is 2.69. The zero-order chi connectivity index (χ0) is 14.8. The molecular weight excluding hydrogens is 284 g/mol. The van der Waals surface area contributed by atoms with Crippen LogP contribution in [0.2, 0.25) is 5.02 Å². The molecule has 0 aliphatic heterocycles. The predicted molar refractivity (Wildman–Crippen MR) is 86.7 cm³/mol. The van der Waals surface area contributed by atoms with Crippen molar-refractivity contribution in [3.05, 3.63) is 64.0 Å². The summed E-state index contributed by atoms with van der Waals surface area (Å²) < 4.78 is 1.73. The van der Waals surface area contributed by atoms with Crippen molar-refractivity contribution < 1.29 is 0 Å². The third-order valence-electron chi connectivity index (χ3n) is 3.46. The van der Waals surface area contributed by atoms with Crippen LogP contribution in [0.25, 0.3) is 22.2 Å². The van der Waals surface area contributed by atoms with Crippen LogP contribution in [0.15, 0.2) is 53.5 Å². The van der Waals surface area contributed by atoms with Crippen LogP contribution in [0.3, 0.4) is 0 Å². The second-order valence-electron chi connectivity index (χ2n) is 4.91. The van der Waals surface area contributed by atoms with E-state index in [2.05, 4.69) is 4.98 Å². The van der Waals surface area contributed by atoms with Gasteiger partial charge >= 0.3 is 0 Å². The van der Waals surface area contributed by atoms with Crippen molar-refractivity contribution in [1.82, 2.24) is 9.55 Å². The van der Waals surface area contributed by atoms with Gasteiger partial charge in [-0.25, -0.2) is 4.98 Å². The molecule has 21 heavy (non-hydrogen) atoms. The van der Waals surface area contributed by atoms with Gasteiger partial charge < -0.3 is 0 Å². The van der Waals surface area contributed by atoms with E-state index in [-0.39, 0.29) is 5.56 Å². The fourth-order valence-corrected chi connectivity index (χ4v) is 2.75. The molecule has 2 heterocycles. The van der Waals surface area contributed by atoms with Gasteiger partial charge in [0.15, 0.2) is 0 Å². The van der Waals surface area contributed by atoms with Crippen LogP contribution in [0, 0.1) is 0 Å². The maximum Gasteiger partial charge on any atom is 0.260 e. The molecule has 0 unspecified atom stereocenters. The van der Waals surface area contributed by atoms with Crippen molar-refractivity contribution in [2.75, 3.05) is 0 Å². The highest BCUT2D eigenvalue weighted by Crippen LogP contribution is 2.27. The molecule has 0 atom stereocenters. The predicted octanol–water partition coefficient (Wildman–Crippen LogP) is 4.13. The first-order valence-electron chi connectivity index (χ1n) is 6.96. The number of hydrogen-bond donors (Lipinski definition) is 0. The maximum absolute atomic E-state index is 12.8. The summed E-state index contributed by atoms with van der Waals surface area (Å²) in [4.78, 5) is 17.1. The van der Waals surface area contributed by atoms with E-state index in [0.717, 1.165) is 23.0 Å². The van der Waals surface area contributed by atoms with Gasteiger partial charge in [-0.05, 0) is 30.7 Å². The molecule has 0 fully saturated rings. The van der Waals surface area contributed by atoms with Crippen LogP contribution in [0.5, 0.6) is 0 Å². The molecule has 4 heteroatoms. The van der Waals surface area contributed by atoms with Gasteiger partial charge in [0, 0.05) is 34.3 Å². The Kier molecular flexibility index (Phi) is 3.76. The number of nitrogens with zero attached hydrogens (tertiary/aromatic N) is 2. The largest absolute Gasteiger partial charge is 0.292 e. The Balaban J connectivity index is 2.37.